The van der Waals surface area contributed by atoms with Crippen LogP contribution in [0.25, 0.3) is 11.4 Å². The molecule has 2 heterocycles. The average molecular weight is 391 g/mol. The van der Waals surface area contributed by atoms with E-state index < -0.39 is 17.3 Å². The molecule has 140 valence electrons. The van der Waals surface area contributed by atoms with Crippen molar-refractivity contribution < 1.29 is 28.7 Å². The molecule has 0 saturated carbocycles. The van der Waals surface area contributed by atoms with Gasteiger partial charge in [-0.1, -0.05) is 23.7 Å². The summed E-state index contributed by atoms with van der Waals surface area (Å²) in [6.07, 6.45) is 1.35. The molecule has 2 aromatic rings. The Labute approximate surface area is 158 Å². The Morgan fingerprint density at radius 1 is 1.41 bits per heavy atom. The Balaban J connectivity index is 1.92. The highest BCUT2D eigenvalue weighted by Crippen LogP contribution is 2.53. The van der Waals surface area contributed by atoms with Gasteiger partial charge in [0.2, 0.25) is 23.1 Å². The lowest BCUT2D eigenvalue weighted by molar-refractivity contribution is -0.118. The van der Waals surface area contributed by atoms with E-state index in [1.54, 1.807) is 13.8 Å². The van der Waals surface area contributed by atoms with Gasteiger partial charge in [-0.2, -0.15) is 4.98 Å². The van der Waals surface area contributed by atoms with E-state index in [0.717, 1.165) is 0 Å². The summed E-state index contributed by atoms with van der Waals surface area (Å²) in [4.78, 5) is 29.3. The summed E-state index contributed by atoms with van der Waals surface area (Å²) in [6, 6.07) is 1.29. The topological polar surface area (TPSA) is 112 Å². The molecule has 0 radical (unpaired) electrons. The van der Waals surface area contributed by atoms with E-state index in [2.05, 4.69) is 10.1 Å². The molecule has 1 N–H and O–H groups in total. The SMILES string of the molecule is COC1=CC(=O)CC(C)C12Oc1c(Cl)c(-c3noc(C)n3)cc(O)c1C2=O. The maximum Gasteiger partial charge on any atom is 0.231 e. The quantitative estimate of drug-likeness (QED) is 0.833. The van der Waals surface area contributed by atoms with Gasteiger partial charge in [-0.3, -0.25) is 9.59 Å². The van der Waals surface area contributed by atoms with Crippen molar-refractivity contribution in [2.75, 3.05) is 7.11 Å². The molecule has 0 bridgehead atoms. The number of allylic oxidation sites excluding steroid dienone is 1. The zero-order valence-electron chi connectivity index (χ0n) is 14.7. The third-order valence-electron chi connectivity index (χ3n) is 4.88. The van der Waals surface area contributed by atoms with Gasteiger partial charge < -0.3 is 19.1 Å². The van der Waals surface area contributed by atoms with Gasteiger partial charge in [-0.15, -0.1) is 0 Å². The Hall–Kier alpha value is -2.87. The summed E-state index contributed by atoms with van der Waals surface area (Å²) < 4.78 is 16.3. The third kappa shape index (κ3) is 2.29. The Morgan fingerprint density at radius 3 is 2.78 bits per heavy atom. The number of Topliss-reactive ketones (excluding diaryl/α,β-unsaturated/α-hetero) is 1. The number of carbonyl (C=O) groups excluding carboxylic acids is 2. The van der Waals surface area contributed by atoms with Crippen molar-refractivity contribution in [3.05, 3.63) is 34.4 Å². The Bertz CT molecular complexity index is 1030. The number of aromatic hydroxyl groups is 1. The van der Waals surface area contributed by atoms with Crippen molar-refractivity contribution in [2.45, 2.75) is 25.9 Å². The molecule has 1 aliphatic heterocycles. The van der Waals surface area contributed by atoms with Crippen LogP contribution in [-0.2, 0) is 9.53 Å². The van der Waals surface area contributed by atoms with Crippen LogP contribution in [0.5, 0.6) is 11.5 Å². The predicted molar refractivity (Wildman–Crippen MR) is 92.7 cm³/mol. The first-order chi connectivity index (χ1) is 12.8. The number of hydrogen-bond acceptors (Lipinski definition) is 8. The summed E-state index contributed by atoms with van der Waals surface area (Å²) in [7, 11) is 1.35. The van der Waals surface area contributed by atoms with Crippen LogP contribution in [0, 0.1) is 12.8 Å². The number of carbonyl (C=O) groups is 2. The van der Waals surface area contributed by atoms with Crippen molar-refractivity contribution in [1.82, 2.24) is 10.1 Å². The monoisotopic (exact) mass is 390 g/mol. The standard InChI is InChI=1S/C18H15ClN2O6/c1-7-4-9(22)5-12(25-3)18(7)16(24)13-11(23)6-10(14(19)15(13)26-18)17-20-8(2)27-21-17/h5-7,23H,4H2,1-3H3. The van der Waals surface area contributed by atoms with E-state index in [-0.39, 0.29) is 51.4 Å². The predicted octanol–water partition coefficient (Wildman–Crippen LogP) is 2.86. The van der Waals surface area contributed by atoms with Gasteiger partial charge in [0.25, 0.3) is 0 Å². The summed E-state index contributed by atoms with van der Waals surface area (Å²) in [5.74, 6) is -0.968. The summed E-state index contributed by atoms with van der Waals surface area (Å²) in [5, 5.41) is 14.4. The second kappa shape index (κ2) is 5.82. The minimum atomic E-state index is -1.56. The molecule has 1 aromatic heterocycles. The molecular formula is C18H15ClN2O6. The zero-order chi connectivity index (χ0) is 19.5. The number of ether oxygens (including phenoxy) is 2. The molecule has 0 amide bonds. The lowest BCUT2D eigenvalue weighted by Gasteiger charge is -2.36. The number of methoxy groups -OCH3 is 1. The number of phenols is 1. The first-order valence-electron chi connectivity index (χ1n) is 8.18. The smallest absolute Gasteiger partial charge is 0.231 e. The van der Waals surface area contributed by atoms with Gasteiger partial charge in [0, 0.05) is 30.9 Å². The van der Waals surface area contributed by atoms with Crippen LogP contribution >= 0.6 is 11.6 Å². The van der Waals surface area contributed by atoms with E-state index in [1.165, 1.54) is 19.3 Å². The van der Waals surface area contributed by atoms with Crippen LogP contribution < -0.4 is 4.74 Å². The molecule has 1 aromatic carbocycles. The van der Waals surface area contributed by atoms with Gasteiger partial charge in [0.05, 0.1) is 12.1 Å². The van der Waals surface area contributed by atoms with E-state index in [1.807, 2.05) is 0 Å². The maximum atomic E-state index is 13.3. The number of halogens is 1. The molecule has 9 heteroatoms. The van der Waals surface area contributed by atoms with E-state index in [9.17, 15) is 14.7 Å². The van der Waals surface area contributed by atoms with Crippen LogP contribution in [0.1, 0.15) is 29.6 Å². The Morgan fingerprint density at radius 2 is 2.15 bits per heavy atom. The van der Waals surface area contributed by atoms with Crippen molar-refractivity contribution in [3.8, 4) is 22.9 Å². The van der Waals surface area contributed by atoms with Gasteiger partial charge in [0.1, 0.15) is 11.3 Å². The van der Waals surface area contributed by atoms with Crippen molar-refractivity contribution >= 4 is 23.2 Å². The molecule has 0 fully saturated rings. The van der Waals surface area contributed by atoms with Gasteiger partial charge >= 0.3 is 0 Å². The van der Waals surface area contributed by atoms with Crippen LogP contribution in [0.15, 0.2) is 22.4 Å². The number of aryl methyl sites for hydroxylation is 1. The second-order valence-electron chi connectivity index (χ2n) is 6.55. The Kier molecular flexibility index (Phi) is 3.78. The van der Waals surface area contributed by atoms with Crippen LogP contribution in [0.4, 0.5) is 0 Å². The van der Waals surface area contributed by atoms with Crippen molar-refractivity contribution in [3.63, 3.8) is 0 Å². The highest BCUT2D eigenvalue weighted by atomic mass is 35.5. The fraction of sp³-hybridized carbons (Fsp3) is 0.333. The molecule has 2 aliphatic rings. The van der Waals surface area contributed by atoms with Crippen LogP contribution in [-0.4, -0.2) is 39.5 Å². The first-order valence-corrected chi connectivity index (χ1v) is 8.56. The molecule has 2 atom stereocenters. The molecule has 27 heavy (non-hydrogen) atoms. The van der Waals surface area contributed by atoms with Gasteiger partial charge in [0.15, 0.2) is 17.3 Å². The fourth-order valence-electron chi connectivity index (χ4n) is 3.60. The highest BCUT2D eigenvalue weighted by molar-refractivity contribution is 6.36. The molecule has 1 spiro atoms. The fourth-order valence-corrected chi connectivity index (χ4v) is 3.87. The first kappa shape index (κ1) is 17.5. The van der Waals surface area contributed by atoms with Crippen molar-refractivity contribution in [1.29, 1.82) is 0 Å². The lowest BCUT2D eigenvalue weighted by atomic mass is 9.75. The number of ketones is 2. The number of hydrogen-bond donors (Lipinski definition) is 1. The molecule has 4 rings (SSSR count). The van der Waals surface area contributed by atoms with Crippen LogP contribution in [0.3, 0.4) is 0 Å². The normalized spacial score (nSPS) is 24.0. The molecule has 0 saturated heterocycles. The zero-order valence-corrected chi connectivity index (χ0v) is 15.5. The number of phenolic OH excluding ortho intramolecular Hbond substituents is 1. The number of fused-ring (bicyclic) bond motifs is 1. The average Bonchev–Trinajstić information content (AvgIpc) is 3.17. The van der Waals surface area contributed by atoms with E-state index >= 15 is 0 Å². The lowest BCUT2D eigenvalue weighted by Crippen LogP contribution is -2.51. The summed E-state index contributed by atoms with van der Waals surface area (Å²) >= 11 is 6.47. The number of aromatic nitrogens is 2. The second-order valence-corrected chi connectivity index (χ2v) is 6.93. The van der Waals surface area contributed by atoms with E-state index in [4.69, 9.17) is 25.6 Å². The molecule has 1 aliphatic carbocycles. The third-order valence-corrected chi connectivity index (χ3v) is 5.25. The van der Waals surface area contributed by atoms with Gasteiger partial charge in [-0.25, -0.2) is 0 Å². The molecule has 8 nitrogen and oxygen atoms in total. The number of rotatable bonds is 2. The largest absolute Gasteiger partial charge is 0.507 e. The van der Waals surface area contributed by atoms with E-state index in [0.29, 0.717) is 5.89 Å². The summed E-state index contributed by atoms with van der Waals surface area (Å²) in [5.41, 5.74) is -1.36. The number of nitrogens with zero attached hydrogens (tertiary/aromatic N) is 2. The summed E-state index contributed by atoms with van der Waals surface area (Å²) in [6.45, 7) is 3.32. The molecule has 2 unspecified atom stereocenters. The van der Waals surface area contributed by atoms with Crippen LogP contribution in [0.2, 0.25) is 5.02 Å². The minimum absolute atomic E-state index is 0.00303. The van der Waals surface area contributed by atoms with Crippen molar-refractivity contribution in [2.24, 2.45) is 5.92 Å². The highest BCUT2D eigenvalue weighted by Gasteiger charge is 2.59. The van der Waals surface area contributed by atoms with Gasteiger partial charge in [-0.05, 0) is 6.07 Å². The number of benzene rings is 1. The maximum absolute atomic E-state index is 13.3. The molecular weight excluding hydrogens is 376 g/mol. The minimum Gasteiger partial charge on any atom is -0.507 e.